The number of halogens is 2. The molecule has 0 unspecified atom stereocenters. The number of fused-ring (bicyclic) bond motifs is 1. The lowest BCUT2D eigenvalue weighted by Crippen LogP contribution is -2.05. The van der Waals surface area contributed by atoms with Crippen LogP contribution in [-0.2, 0) is 0 Å². The molecule has 0 aliphatic heterocycles. The number of hydrogen-bond acceptors (Lipinski definition) is 3. The Bertz CT molecular complexity index is 831. The van der Waals surface area contributed by atoms with E-state index in [-0.39, 0.29) is 5.82 Å². The quantitative estimate of drug-likeness (QED) is 0.551. The van der Waals surface area contributed by atoms with E-state index in [1.807, 2.05) is 24.3 Å². The fourth-order valence-electron chi connectivity index (χ4n) is 2.25. The standard InChI is InChI=1S/C18H15ClFN3/c19-14-3-6-16-17(7-8-22-18(16)11-14)23-10-9-21-12-13-1-4-15(20)5-2-13/h1-8,11-12H,9-10H2,(H,22,23). The zero-order valence-electron chi connectivity index (χ0n) is 12.3. The summed E-state index contributed by atoms with van der Waals surface area (Å²) in [6.07, 6.45) is 3.49. The molecule has 0 saturated heterocycles. The number of nitrogens with one attached hydrogen (secondary N) is 1. The van der Waals surface area contributed by atoms with Crippen molar-refractivity contribution in [1.82, 2.24) is 4.98 Å². The number of rotatable bonds is 5. The van der Waals surface area contributed by atoms with Crippen molar-refractivity contribution in [3.8, 4) is 0 Å². The molecule has 3 rings (SSSR count). The Morgan fingerprint density at radius 3 is 2.78 bits per heavy atom. The van der Waals surface area contributed by atoms with Crippen LogP contribution in [0, 0.1) is 5.82 Å². The Hall–Kier alpha value is -2.46. The van der Waals surface area contributed by atoms with Gasteiger partial charge in [0.05, 0.1) is 12.1 Å². The van der Waals surface area contributed by atoms with Gasteiger partial charge in [-0.3, -0.25) is 9.98 Å². The first kappa shape index (κ1) is 15.4. The normalized spacial score (nSPS) is 11.2. The highest BCUT2D eigenvalue weighted by Crippen LogP contribution is 2.24. The molecule has 3 aromatic rings. The van der Waals surface area contributed by atoms with E-state index in [9.17, 15) is 4.39 Å². The lowest BCUT2D eigenvalue weighted by molar-refractivity contribution is 0.628. The van der Waals surface area contributed by atoms with Crippen LogP contribution in [0.5, 0.6) is 0 Å². The second-order valence-electron chi connectivity index (χ2n) is 5.03. The monoisotopic (exact) mass is 327 g/mol. The number of benzene rings is 2. The third kappa shape index (κ3) is 4.05. The Morgan fingerprint density at radius 1 is 1.13 bits per heavy atom. The first-order valence-electron chi connectivity index (χ1n) is 7.26. The average Bonchev–Trinajstić information content (AvgIpc) is 2.56. The van der Waals surface area contributed by atoms with Crippen LogP contribution in [0.2, 0.25) is 5.02 Å². The second-order valence-corrected chi connectivity index (χ2v) is 5.47. The molecule has 5 heteroatoms. The number of hydrogen-bond donors (Lipinski definition) is 1. The van der Waals surface area contributed by atoms with Crippen LogP contribution in [0.15, 0.2) is 59.7 Å². The fraction of sp³-hybridized carbons (Fsp3) is 0.111. The number of aromatic nitrogens is 1. The van der Waals surface area contributed by atoms with Crippen LogP contribution < -0.4 is 5.32 Å². The summed E-state index contributed by atoms with van der Waals surface area (Å²) in [6, 6.07) is 13.8. The predicted molar refractivity (Wildman–Crippen MR) is 94.1 cm³/mol. The molecule has 1 aromatic heterocycles. The second kappa shape index (κ2) is 7.20. The van der Waals surface area contributed by atoms with Crippen LogP contribution in [0.1, 0.15) is 5.56 Å². The summed E-state index contributed by atoms with van der Waals surface area (Å²) in [4.78, 5) is 8.64. The Labute approximate surface area is 138 Å². The van der Waals surface area contributed by atoms with Gasteiger partial charge in [-0.2, -0.15) is 0 Å². The van der Waals surface area contributed by atoms with Gasteiger partial charge in [0.25, 0.3) is 0 Å². The van der Waals surface area contributed by atoms with Crippen molar-refractivity contribution < 1.29 is 4.39 Å². The van der Waals surface area contributed by atoms with Gasteiger partial charge in [-0.25, -0.2) is 4.39 Å². The molecular formula is C18H15ClFN3. The average molecular weight is 328 g/mol. The van der Waals surface area contributed by atoms with Gasteiger partial charge in [0.1, 0.15) is 5.82 Å². The summed E-state index contributed by atoms with van der Waals surface area (Å²) < 4.78 is 12.8. The molecule has 0 saturated carbocycles. The Balaban J connectivity index is 1.59. The van der Waals surface area contributed by atoms with Crippen molar-refractivity contribution in [1.29, 1.82) is 0 Å². The van der Waals surface area contributed by atoms with Crippen LogP contribution in [0.25, 0.3) is 10.9 Å². The van der Waals surface area contributed by atoms with E-state index in [4.69, 9.17) is 11.6 Å². The summed E-state index contributed by atoms with van der Waals surface area (Å²) in [5, 5.41) is 5.05. The van der Waals surface area contributed by atoms with E-state index in [2.05, 4.69) is 15.3 Å². The molecular weight excluding hydrogens is 313 g/mol. The summed E-state index contributed by atoms with van der Waals surface area (Å²) in [6.45, 7) is 1.31. The highest BCUT2D eigenvalue weighted by Gasteiger charge is 2.01. The van der Waals surface area contributed by atoms with Crippen molar-refractivity contribution in [2.45, 2.75) is 0 Å². The highest BCUT2D eigenvalue weighted by atomic mass is 35.5. The fourth-order valence-corrected chi connectivity index (χ4v) is 2.42. The van der Waals surface area contributed by atoms with Crippen molar-refractivity contribution in [2.75, 3.05) is 18.4 Å². The van der Waals surface area contributed by atoms with E-state index in [0.717, 1.165) is 22.2 Å². The van der Waals surface area contributed by atoms with Crippen LogP contribution in [0.3, 0.4) is 0 Å². The van der Waals surface area contributed by atoms with E-state index in [1.54, 1.807) is 24.5 Å². The molecule has 1 N–H and O–H groups in total. The summed E-state index contributed by atoms with van der Waals surface area (Å²) in [5.41, 5.74) is 2.75. The molecule has 2 aromatic carbocycles. The third-order valence-electron chi connectivity index (χ3n) is 3.37. The number of anilines is 1. The van der Waals surface area contributed by atoms with Gasteiger partial charge in [-0.05, 0) is 42.0 Å². The summed E-state index contributed by atoms with van der Waals surface area (Å²) >= 11 is 5.98. The molecule has 1 heterocycles. The van der Waals surface area contributed by atoms with Gasteiger partial charge >= 0.3 is 0 Å². The summed E-state index contributed by atoms with van der Waals surface area (Å²) in [7, 11) is 0. The summed E-state index contributed by atoms with van der Waals surface area (Å²) in [5.74, 6) is -0.242. The van der Waals surface area contributed by atoms with Gasteiger partial charge < -0.3 is 5.32 Å². The maximum absolute atomic E-state index is 12.8. The molecule has 0 aliphatic rings. The molecule has 0 aliphatic carbocycles. The highest BCUT2D eigenvalue weighted by molar-refractivity contribution is 6.31. The van der Waals surface area contributed by atoms with Gasteiger partial charge in [0.15, 0.2) is 0 Å². The van der Waals surface area contributed by atoms with Gasteiger partial charge in [-0.15, -0.1) is 0 Å². The number of nitrogens with zero attached hydrogens (tertiary/aromatic N) is 2. The zero-order chi connectivity index (χ0) is 16.1. The maximum Gasteiger partial charge on any atom is 0.123 e. The van der Waals surface area contributed by atoms with Crippen molar-refractivity contribution in [2.24, 2.45) is 4.99 Å². The molecule has 23 heavy (non-hydrogen) atoms. The third-order valence-corrected chi connectivity index (χ3v) is 3.61. The van der Waals surface area contributed by atoms with E-state index < -0.39 is 0 Å². The Kier molecular flexibility index (Phi) is 4.83. The van der Waals surface area contributed by atoms with Gasteiger partial charge in [0.2, 0.25) is 0 Å². The van der Waals surface area contributed by atoms with E-state index >= 15 is 0 Å². The van der Waals surface area contributed by atoms with E-state index in [1.165, 1.54) is 12.1 Å². The molecule has 3 nitrogen and oxygen atoms in total. The molecule has 116 valence electrons. The molecule has 0 fully saturated rings. The zero-order valence-corrected chi connectivity index (χ0v) is 13.1. The SMILES string of the molecule is Fc1ccc(C=NCCNc2ccnc3cc(Cl)ccc23)cc1. The Morgan fingerprint density at radius 2 is 1.96 bits per heavy atom. The lowest BCUT2D eigenvalue weighted by Gasteiger charge is -2.08. The predicted octanol–water partition coefficient (Wildman–Crippen LogP) is 4.56. The number of pyridine rings is 1. The largest absolute Gasteiger partial charge is 0.383 e. The smallest absolute Gasteiger partial charge is 0.123 e. The van der Waals surface area contributed by atoms with Crippen molar-refractivity contribution >= 4 is 34.4 Å². The molecule has 0 radical (unpaired) electrons. The minimum absolute atomic E-state index is 0.242. The van der Waals surface area contributed by atoms with Crippen LogP contribution >= 0.6 is 11.6 Å². The minimum atomic E-state index is -0.242. The van der Waals surface area contributed by atoms with E-state index in [0.29, 0.717) is 18.1 Å². The van der Waals surface area contributed by atoms with Gasteiger partial charge in [-0.1, -0.05) is 23.7 Å². The first-order chi connectivity index (χ1) is 11.2. The first-order valence-corrected chi connectivity index (χ1v) is 7.64. The lowest BCUT2D eigenvalue weighted by atomic mass is 10.2. The molecule has 0 bridgehead atoms. The van der Waals surface area contributed by atoms with Crippen LogP contribution in [0.4, 0.5) is 10.1 Å². The molecule has 0 atom stereocenters. The molecule has 0 spiro atoms. The van der Waals surface area contributed by atoms with Crippen molar-refractivity contribution in [3.05, 3.63) is 71.1 Å². The topological polar surface area (TPSA) is 37.3 Å². The van der Waals surface area contributed by atoms with Crippen LogP contribution in [-0.4, -0.2) is 24.3 Å². The minimum Gasteiger partial charge on any atom is -0.383 e. The maximum atomic E-state index is 12.8. The van der Waals surface area contributed by atoms with Gasteiger partial charge in [0, 0.05) is 35.1 Å². The number of aliphatic imine (C=N–C) groups is 1. The molecule has 0 amide bonds. The van der Waals surface area contributed by atoms with Crippen molar-refractivity contribution in [3.63, 3.8) is 0 Å².